The van der Waals surface area contributed by atoms with Gasteiger partial charge in [0, 0.05) is 25.6 Å². The number of aliphatic hydroxyl groups excluding tert-OH is 1. The number of rotatable bonds is 6. The highest BCUT2D eigenvalue weighted by Gasteiger charge is 2.29. The summed E-state index contributed by atoms with van der Waals surface area (Å²) in [5.74, 6) is -2.00. The van der Waals surface area contributed by atoms with Gasteiger partial charge in [-0.25, -0.2) is 13.6 Å². The van der Waals surface area contributed by atoms with Crippen LogP contribution in [-0.4, -0.2) is 48.9 Å². The number of morpholine rings is 1. The van der Waals surface area contributed by atoms with Crippen molar-refractivity contribution in [3.05, 3.63) is 70.8 Å². The van der Waals surface area contributed by atoms with Crippen LogP contribution < -0.4 is 5.32 Å². The fraction of sp³-hybridized carbons (Fsp3) is 0.409. The van der Waals surface area contributed by atoms with Crippen LogP contribution in [-0.2, 0) is 11.2 Å². The molecule has 0 saturated carbocycles. The van der Waals surface area contributed by atoms with E-state index >= 15 is 0 Å². The van der Waals surface area contributed by atoms with Crippen molar-refractivity contribution in [2.75, 3.05) is 32.9 Å². The Kier molecular flexibility index (Phi) is 7.17. The minimum absolute atomic E-state index is 0.0517. The second-order valence-electron chi connectivity index (χ2n) is 7.39. The van der Waals surface area contributed by atoms with Crippen LogP contribution in [0.1, 0.15) is 22.7 Å². The quantitative estimate of drug-likeness (QED) is 0.777. The van der Waals surface area contributed by atoms with Crippen LogP contribution in [0.2, 0.25) is 0 Å². The van der Waals surface area contributed by atoms with E-state index in [-0.39, 0.29) is 25.2 Å². The maximum absolute atomic E-state index is 13.6. The van der Waals surface area contributed by atoms with Gasteiger partial charge in [-0.1, -0.05) is 35.9 Å². The lowest BCUT2D eigenvalue weighted by Crippen LogP contribution is -2.49. The van der Waals surface area contributed by atoms with E-state index in [1.54, 1.807) is 4.90 Å². The highest BCUT2D eigenvalue weighted by molar-refractivity contribution is 5.75. The number of benzene rings is 2. The Labute approximate surface area is 169 Å². The maximum Gasteiger partial charge on any atom is 0.318 e. The Morgan fingerprint density at radius 2 is 2.10 bits per heavy atom. The zero-order valence-electron chi connectivity index (χ0n) is 16.4. The molecule has 2 unspecified atom stereocenters. The van der Waals surface area contributed by atoms with Gasteiger partial charge in [0.25, 0.3) is 0 Å². The summed E-state index contributed by atoms with van der Waals surface area (Å²) in [4.78, 5) is 14.3. The first-order valence-electron chi connectivity index (χ1n) is 9.71. The van der Waals surface area contributed by atoms with Crippen molar-refractivity contribution in [1.82, 2.24) is 10.2 Å². The number of nitrogens with zero attached hydrogens (tertiary/aromatic N) is 1. The highest BCUT2D eigenvalue weighted by Crippen LogP contribution is 2.25. The van der Waals surface area contributed by atoms with Crippen LogP contribution in [0.15, 0.2) is 42.5 Å². The minimum Gasteiger partial charge on any atom is -0.396 e. The van der Waals surface area contributed by atoms with Gasteiger partial charge in [-0.2, -0.15) is 0 Å². The van der Waals surface area contributed by atoms with Crippen LogP contribution in [0, 0.1) is 24.5 Å². The number of urea groups is 1. The molecule has 7 heteroatoms. The van der Waals surface area contributed by atoms with Gasteiger partial charge in [0.1, 0.15) is 0 Å². The van der Waals surface area contributed by atoms with Gasteiger partial charge in [0.2, 0.25) is 0 Å². The molecule has 1 saturated heterocycles. The summed E-state index contributed by atoms with van der Waals surface area (Å²) in [6.07, 6.45) is 0.647. The van der Waals surface area contributed by atoms with Crippen molar-refractivity contribution in [2.24, 2.45) is 5.92 Å². The lowest BCUT2D eigenvalue weighted by molar-refractivity contribution is 0.0112. The van der Waals surface area contributed by atoms with Crippen LogP contribution in [0.25, 0.3) is 0 Å². The zero-order valence-corrected chi connectivity index (χ0v) is 16.4. The van der Waals surface area contributed by atoms with E-state index in [0.717, 1.165) is 23.3 Å². The molecule has 156 valence electrons. The van der Waals surface area contributed by atoms with E-state index in [1.165, 1.54) is 6.07 Å². The molecule has 5 nitrogen and oxygen atoms in total. The molecule has 0 radical (unpaired) electrons. The molecule has 2 N–H and O–H groups in total. The average molecular weight is 404 g/mol. The Morgan fingerprint density at radius 3 is 2.83 bits per heavy atom. The molecular weight excluding hydrogens is 378 g/mol. The van der Waals surface area contributed by atoms with Gasteiger partial charge in [0.05, 0.1) is 19.3 Å². The number of aliphatic hydroxyl groups is 1. The van der Waals surface area contributed by atoms with Crippen molar-refractivity contribution < 1.29 is 23.4 Å². The number of halogens is 2. The monoisotopic (exact) mass is 404 g/mol. The minimum atomic E-state index is -0.952. The third-order valence-corrected chi connectivity index (χ3v) is 5.12. The van der Waals surface area contributed by atoms with Crippen molar-refractivity contribution in [1.29, 1.82) is 0 Å². The van der Waals surface area contributed by atoms with Crippen molar-refractivity contribution in [3.8, 4) is 0 Å². The van der Waals surface area contributed by atoms with Gasteiger partial charge in [0.15, 0.2) is 11.6 Å². The molecule has 1 aliphatic rings. The molecule has 3 rings (SSSR count). The van der Waals surface area contributed by atoms with E-state index in [2.05, 4.69) is 11.4 Å². The molecule has 2 amide bonds. The van der Waals surface area contributed by atoms with Crippen molar-refractivity contribution in [3.63, 3.8) is 0 Å². The highest BCUT2D eigenvalue weighted by atomic mass is 19.2. The summed E-state index contributed by atoms with van der Waals surface area (Å²) in [6.45, 7) is 3.20. The third kappa shape index (κ3) is 5.52. The molecule has 1 aliphatic heterocycles. The van der Waals surface area contributed by atoms with E-state index in [1.807, 2.05) is 25.1 Å². The number of carbonyl (C=O) groups excluding carboxylic acids is 1. The van der Waals surface area contributed by atoms with E-state index in [4.69, 9.17) is 4.74 Å². The Hall–Kier alpha value is -2.51. The second-order valence-corrected chi connectivity index (χ2v) is 7.39. The van der Waals surface area contributed by atoms with Gasteiger partial charge in [-0.15, -0.1) is 0 Å². The number of hydrogen-bond acceptors (Lipinski definition) is 3. The van der Waals surface area contributed by atoms with Gasteiger partial charge >= 0.3 is 6.03 Å². The van der Waals surface area contributed by atoms with Crippen LogP contribution in [0.5, 0.6) is 0 Å². The van der Waals surface area contributed by atoms with Crippen molar-refractivity contribution >= 4 is 6.03 Å². The largest absolute Gasteiger partial charge is 0.396 e. The predicted molar refractivity (Wildman–Crippen MR) is 105 cm³/mol. The molecule has 2 aromatic carbocycles. The fourth-order valence-corrected chi connectivity index (χ4v) is 3.55. The SMILES string of the molecule is Cc1cccc(CC(CO)CNC(=O)N2CCOCC2c2ccc(F)c(F)c2)c1. The number of hydrogen-bond donors (Lipinski definition) is 2. The molecule has 29 heavy (non-hydrogen) atoms. The summed E-state index contributed by atoms with van der Waals surface area (Å²) < 4.78 is 32.3. The normalized spacial score (nSPS) is 17.8. The first-order chi connectivity index (χ1) is 14.0. The zero-order chi connectivity index (χ0) is 20.8. The molecule has 0 aromatic heterocycles. The second kappa shape index (κ2) is 9.80. The van der Waals surface area contributed by atoms with E-state index in [9.17, 15) is 18.7 Å². The molecule has 1 heterocycles. The third-order valence-electron chi connectivity index (χ3n) is 5.12. The van der Waals surface area contributed by atoms with Crippen molar-refractivity contribution in [2.45, 2.75) is 19.4 Å². The lowest BCUT2D eigenvalue weighted by atomic mass is 9.99. The van der Waals surface area contributed by atoms with Crippen LogP contribution >= 0.6 is 0 Å². The molecular formula is C22H26F2N2O3. The first kappa shape index (κ1) is 21.2. The number of aryl methyl sites for hydroxylation is 1. The van der Waals surface area contributed by atoms with Gasteiger partial charge < -0.3 is 20.1 Å². The Balaban J connectivity index is 1.63. The molecule has 2 aromatic rings. The predicted octanol–water partition coefficient (Wildman–Crippen LogP) is 3.21. The van der Waals surface area contributed by atoms with Gasteiger partial charge in [-0.05, 0) is 36.6 Å². The van der Waals surface area contributed by atoms with Crippen LogP contribution in [0.4, 0.5) is 13.6 Å². The molecule has 0 aliphatic carbocycles. The topological polar surface area (TPSA) is 61.8 Å². The smallest absolute Gasteiger partial charge is 0.318 e. The summed E-state index contributed by atoms with van der Waals surface area (Å²) in [6, 6.07) is 10.8. The number of nitrogens with one attached hydrogen (secondary N) is 1. The van der Waals surface area contributed by atoms with Gasteiger partial charge in [-0.3, -0.25) is 0 Å². The summed E-state index contributed by atoms with van der Waals surface area (Å²) in [5, 5.41) is 12.6. The molecule has 0 spiro atoms. The maximum atomic E-state index is 13.6. The number of amides is 2. The first-order valence-corrected chi connectivity index (χ1v) is 9.71. The Morgan fingerprint density at radius 1 is 1.28 bits per heavy atom. The average Bonchev–Trinajstić information content (AvgIpc) is 2.73. The van der Waals surface area contributed by atoms with E-state index < -0.39 is 17.7 Å². The number of ether oxygens (including phenoxy) is 1. The molecule has 1 fully saturated rings. The van der Waals surface area contributed by atoms with Crippen LogP contribution in [0.3, 0.4) is 0 Å². The lowest BCUT2D eigenvalue weighted by Gasteiger charge is -2.36. The summed E-state index contributed by atoms with van der Waals surface area (Å²) >= 11 is 0. The molecule has 2 atom stereocenters. The fourth-order valence-electron chi connectivity index (χ4n) is 3.55. The number of carbonyl (C=O) groups is 1. The Bertz CT molecular complexity index is 847. The molecule has 0 bridgehead atoms. The summed E-state index contributed by atoms with van der Waals surface area (Å²) in [7, 11) is 0. The van der Waals surface area contributed by atoms with E-state index in [0.29, 0.717) is 31.7 Å². The standard InChI is InChI=1S/C22H26F2N2O3/c1-15-3-2-4-16(9-15)10-17(13-27)12-25-22(28)26-7-8-29-14-21(26)18-5-6-19(23)20(24)11-18/h2-6,9,11,17,21,27H,7-8,10,12-14H2,1H3,(H,25,28). The summed E-state index contributed by atoms with van der Waals surface area (Å²) in [5.41, 5.74) is 2.73.